The van der Waals surface area contributed by atoms with Crippen LogP contribution < -0.4 is 0 Å². The van der Waals surface area contributed by atoms with Crippen LogP contribution in [-0.2, 0) is 4.79 Å². The van der Waals surface area contributed by atoms with E-state index in [1.807, 2.05) is 13.0 Å². The maximum absolute atomic E-state index is 11.1. The minimum atomic E-state index is -0.570. The van der Waals surface area contributed by atoms with Gasteiger partial charge in [-0.25, -0.2) is 4.79 Å². The van der Waals surface area contributed by atoms with Crippen molar-refractivity contribution in [3.63, 3.8) is 0 Å². The van der Waals surface area contributed by atoms with Gasteiger partial charge in [0.1, 0.15) is 0 Å². The summed E-state index contributed by atoms with van der Waals surface area (Å²) >= 11 is 3.24. The van der Waals surface area contributed by atoms with Crippen LogP contribution in [0.5, 0.6) is 0 Å². The van der Waals surface area contributed by atoms with Crippen LogP contribution in [-0.4, -0.2) is 12.0 Å². The predicted molar refractivity (Wildman–Crippen MR) is 51.3 cm³/mol. The third-order valence-electron chi connectivity index (χ3n) is 1.44. The highest BCUT2D eigenvalue weighted by atomic mass is 79.9. The zero-order valence-corrected chi connectivity index (χ0v) is 8.46. The summed E-state index contributed by atoms with van der Waals surface area (Å²) in [5.74, 6) is -0.570. The molecule has 1 rings (SSSR count). The molecule has 13 heavy (non-hydrogen) atoms. The number of carbonyl (C=O) groups excluding carboxylic acids is 2. The summed E-state index contributed by atoms with van der Waals surface area (Å²) in [5.41, 5.74) is 1.31. The Labute approximate surface area is 83.6 Å². The Bertz CT molecular complexity index is 374. The number of aryl methyl sites for hydroxylation is 1. The molecule has 0 fully saturated rings. The van der Waals surface area contributed by atoms with E-state index in [1.165, 1.54) is 6.08 Å². The van der Waals surface area contributed by atoms with Gasteiger partial charge in [-0.3, -0.25) is 4.79 Å². The molecular weight excluding hydrogens is 234 g/mol. The van der Waals surface area contributed by atoms with E-state index in [-0.39, 0.29) is 0 Å². The lowest BCUT2D eigenvalue weighted by Gasteiger charge is -1.97. The first kappa shape index (κ1) is 9.84. The molecular formula is C9H6BrNO2. The Kier molecular flexibility index (Phi) is 3.12. The van der Waals surface area contributed by atoms with Crippen molar-refractivity contribution < 1.29 is 9.59 Å². The number of amides is 1. The lowest BCUT2D eigenvalue weighted by Crippen LogP contribution is -1.94. The second kappa shape index (κ2) is 4.12. The van der Waals surface area contributed by atoms with Crippen molar-refractivity contribution in [1.29, 1.82) is 0 Å². The van der Waals surface area contributed by atoms with Gasteiger partial charge in [0.05, 0.1) is 0 Å². The van der Waals surface area contributed by atoms with Crippen LogP contribution >= 0.6 is 15.9 Å². The first-order chi connectivity index (χ1) is 6.13. The van der Waals surface area contributed by atoms with Crippen LogP contribution in [0.4, 0.5) is 0 Å². The first-order valence-corrected chi connectivity index (χ1v) is 4.32. The third-order valence-corrected chi connectivity index (χ3v) is 1.89. The van der Waals surface area contributed by atoms with Crippen molar-refractivity contribution in [2.75, 3.05) is 0 Å². The van der Waals surface area contributed by atoms with Gasteiger partial charge in [0.2, 0.25) is 6.08 Å². The van der Waals surface area contributed by atoms with Crippen LogP contribution in [0.1, 0.15) is 15.9 Å². The Morgan fingerprint density at radius 2 is 2.15 bits per heavy atom. The Hall–Kier alpha value is -1.25. The number of nitrogens with zero attached hydrogens (tertiary/aromatic N) is 1. The summed E-state index contributed by atoms with van der Waals surface area (Å²) in [5, 5.41) is 0. The van der Waals surface area contributed by atoms with Crippen LogP contribution in [0.25, 0.3) is 0 Å². The number of carbonyl (C=O) groups is 1. The van der Waals surface area contributed by atoms with Gasteiger partial charge in [-0.15, -0.1) is 4.99 Å². The predicted octanol–water partition coefficient (Wildman–Crippen LogP) is 2.23. The highest BCUT2D eigenvalue weighted by Gasteiger charge is 2.04. The van der Waals surface area contributed by atoms with Gasteiger partial charge in [0, 0.05) is 10.0 Å². The Morgan fingerprint density at radius 1 is 1.46 bits per heavy atom. The van der Waals surface area contributed by atoms with Crippen molar-refractivity contribution in [1.82, 2.24) is 0 Å². The molecule has 0 aromatic heterocycles. The standard InChI is InChI=1S/C9H6BrNO2/c1-6-2-7(4-8(10)3-6)9(13)11-5-12/h2-4H,1H3. The number of isocyanates is 1. The highest BCUT2D eigenvalue weighted by molar-refractivity contribution is 9.10. The maximum Gasteiger partial charge on any atom is 0.287 e. The van der Waals surface area contributed by atoms with Gasteiger partial charge < -0.3 is 0 Å². The summed E-state index contributed by atoms with van der Waals surface area (Å²) in [6.45, 7) is 1.85. The first-order valence-electron chi connectivity index (χ1n) is 3.53. The van der Waals surface area contributed by atoms with Crippen LogP contribution in [0.15, 0.2) is 27.7 Å². The average molecular weight is 240 g/mol. The van der Waals surface area contributed by atoms with E-state index < -0.39 is 5.91 Å². The third kappa shape index (κ3) is 2.61. The van der Waals surface area contributed by atoms with Gasteiger partial charge in [-0.2, -0.15) is 0 Å². The Morgan fingerprint density at radius 3 is 2.69 bits per heavy atom. The molecule has 66 valence electrons. The minimum Gasteiger partial charge on any atom is -0.266 e. The minimum absolute atomic E-state index is 0.384. The smallest absolute Gasteiger partial charge is 0.266 e. The van der Waals surface area contributed by atoms with Gasteiger partial charge in [-0.1, -0.05) is 15.9 Å². The molecule has 0 N–H and O–H groups in total. The maximum atomic E-state index is 11.1. The number of aliphatic imine (C=N–C) groups is 1. The highest BCUT2D eigenvalue weighted by Crippen LogP contribution is 2.15. The molecule has 3 nitrogen and oxygen atoms in total. The molecule has 0 unspecified atom stereocenters. The number of hydrogen-bond acceptors (Lipinski definition) is 2. The van der Waals surface area contributed by atoms with Crippen molar-refractivity contribution in [3.05, 3.63) is 33.8 Å². The van der Waals surface area contributed by atoms with E-state index in [4.69, 9.17) is 0 Å². The van der Waals surface area contributed by atoms with E-state index in [1.54, 1.807) is 12.1 Å². The second-order valence-corrected chi connectivity index (χ2v) is 3.44. The summed E-state index contributed by atoms with van der Waals surface area (Å²) in [6, 6.07) is 5.13. The zero-order chi connectivity index (χ0) is 9.84. The van der Waals surface area contributed by atoms with Gasteiger partial charge in [-0.05, 0) is 30.7 Å². The monoisotopic (exact) mass is 239 g/mol. The van der Waals surface area contributed by atoms with Gasteiger partial charge >= 0.3 is 0 Å². The number of rotatable bonds is 1. The SMILES string of the molecule is Cc1cc(Br)cc(C(=O)N=C=O)c1. The van der Waals surface area contributed by atoms with E-state index in [0.29, 0.717) is 5.56 Å². The van der Waals surface area contributed by atoms with E-state index in [2.05, 4.69) is 20.9 Å². The summed E-state index contributed by atoms with van der Waals surface area (Å²) in [6.07, 6.45) is 1.22. The fourth-order valence-corrected chi connectivity index (χ4v) is 1.57. The van der Waals surface area contributed by atoms with Crippen molar-refractivity contribution in [3.8, 4) is 0 Å². The van der Waals surface area contributed by atoms with Crippen molar-refractivity contribution >= 4 is 27.9 Å². The molecule has 0 bridgehead atoms. The fraction of sp³-hybridized carbons (Fsp3) is 0.111. The normalized spacial score (nSPS) is 9.08. The van der Waals surface area contributed by atoms with Crippen molar-refractivity contribution in [2.24, 2.45) is 4.99 Å². The zero-order valence-electron chi connectivity index (χ0n) is 6.87. The molecule has 0 aliphatic heterocycles. The van der Waals surface area contributed by atoms with Crippen LogP contribution in [0, 0.1) is 6.92 Å². The molecule has 0 atom stereocenters. The molecule has 1 amide bonds. The van der Waals surface area contributed by atoms with E-state index in [9.17, 15) is 9.59 Å². The van der Waals surface area contributed by atoms with Crippen LogP contribution in [0.3, 0.4) is 0 Å². The van der Waals surface area contributed by atoms with Gasteiger partial charge in [0.15, 0.2) is 0 Å². The summed E-state index contributed by atoms with van der Waals surface area (Å²) in [4.78, 5) is 23.9. The average Bonchev–Trinajstić information content (AvgIpc) is 2.03. The molecule has 1 aromatic rings. The van der Waals surface area contributed by atoms with Crippen LogP contribution in [0.2, 0.25) is 0 Å². The van der Waals surface area contributed by atoms with Gasteiger partial charge in [0.25, 0.3) is 5.91 Å². The molecule has 1 aromatic carbocycles. The second-order valence-electron chi connectivity index (χ2n) is 2.53. The van der Waals surface area contributed by atoms with E-state index in [0.717, 1.165) is 10.0 Å². The molecule has 0 saturated carbocycles. The quantitative estimate of drug-likeness (QED) is 0.558. The number of halogens is 1. The lowest BCUT2D eigenvalue weighted by atomic mass is 10.1. The lowest BCUT2D eigenvalue weighted by molar-refractivity contribution is 0.100. The largest absolute Gasteiger partial charge is 0.287 e. The summed E-state index contributed by atoms with van der Waals surface area (Å²) < 4.78 is 0.789. The topological polar surface area (TPSA) is 46.5 Å². The molecule has 0 radical (unpaired) electrons. The van der Waals surface area contributed by atoms with Crippen molar-refractivity contribution in [2.45, 2.75) is 6.92 Å². The Balaban J connectivity index is 3.15. The molecule has 0 heterocycles. The van der Waals surface area contributed by atoms with E-state index >= 15 is 0 Å². The molecule has 0 spiro atoms. The molecule has 0 aliphatic carbocycles. The molecule has 4 heteroatoms. The number of benzene rings is 1. The summed E-state index contributed by atoms with van der Waals surface area (Å²) in [7, 11) is 0. The molecule has 0 saturated heterocycles. The fourth-order valence-electron chi connectivity index (χ4n) is 0.966. The number of hydrogen-bond donors (Lipinski definition) is 0. The molecule has 0 aliphatic rings.